The van der Waals surface area contributed by atoms with Crippen LogP contribution in [0, 0.1) is 11.6 Å². The number of nitrogens with zero attached hydrogens (tertiary/aromatic N) is 2. The minimum absolute atomic E-state index is 0.0845. The molecule has 3 rings (SSSR count). The molecule has 0 spiro atoms. The Kier molecular flexibility index (Phi) is 6.68. The van der Waals surface area contributed by atoms with Crippen molar-refractivity contribution in [2.45, 2.75) is 12.8 Å². The standard InChI is InChI=1S/C22H20F2N2O4/c1-29-9-3-4-15-12-25-20(13-6-8-19(30-2)18(24)11-13)21(26-15)14-5-7-16(22(27)28)17(23)10-14/h5-8,10-12H,3-4,9H2,1-2H3,(H,27,28). The summed E-state index contributed by atoms with van der Waals surface area (Å²) in [6.07, 6.45) is 2.88. The molecule has 156 valence electrons. The van der Waals surface area contributed by atoms with E-state index in [1.54, 1.807) is 19.4 Å². The van der Waals surface area contributed by atoms with Gasteiger partial charge in [-0.1, -0.05) is 6.07 Å². The zero-order chi connectivity index (χ0) is 21.7. The van der Waals surface area contributed by atoms with Gasteiger partial charge in [0, 0.05) is 31.0 Å². The highest BCUT2D eigenvalue weighted by molar-refractivity contribution is 5.89. The molecule has 8 heteroatoms. The smallest absolute Gasteiger partial charge is 0.338 e. The van der Waals surface area contributed by atoms with Crippen LogP contribution in [0.2, 0.25) is 0 Å². The predicted octanol–water partition coefficient (Wildman–Crippen LogP) is 4.37. The number of rotatable bonds is 8. The van der Waals surface area contributed by atoms with Gasteiger partial charge in [-0.15, -0.1) is 0 Å². The summed E-state index contributed by atoms with van der Waals surface area (Å²) in [6, 6.07) is 8.08. The van der Waals surface area contributed by atoms with Gasteiger partial charge in [-0.2, -0.15) is 0 Å². The highest BCUT2D eigenvalue weighted by Crippen LogP contribution is 2.32. The number of carboxylic acid groups (broad SMARTS) is 1. The normalized spacial score (nSPS) is 10.8. The first-order valence-electron chi connectivity index (χ1n) is 9.16. The molecular formula is C22H20F2N2O4. The van der Waals surface area contributed by atoms with Gasteiger partial charge in [0.2, 0.25) is 0 Å². The third-order valence-corrected chi connectivity index (χ3v) is 4.50. The number of hydrogen-bond acceptors (Lipinski definition) is 5. The number of hydrogen-bond donors (Lipinski definition) is 1. The molecule has 0 aliphatic rings. The van der Waals surface area contributed by atoms with E-state index < -0.39 is 23.2 Å². The summed E-state index contributed by atoms with van der Waals surface area (Å²) in [5.41, 5.74) is 1.65. The zero-order valence-corrected chi connectivity index (χ0v) is 16.5. The molecule has 1 N–H and O–H groups in total. The van der Waals surface area contributed by atoms with Crippen molar-refractivity contribution in [3.63, 3.8) is 0 Å². The van der Waals surface area contributed by atoms with Gasteiger partial charge < -0.3 is 14.6 Å². The number of ether oxygens (including phenoxy) is 2. The SMILES string of the molecule is COCCCc1cnc(-c2ccc(OC)c(F)c2)c(-c2ccc(C(=O)O)c(F)c2)n1. The number of aryl methyl sites for hydroxylation is 1. The molecule has 0 atom stereocenters. The number of halogens is 2. The van der Waals surface area contributed by atoms with Gasteiger partial charge in [-0.3, -0.25) is 4.98 Å². The first-order chi connectivity index (χ1) is 14.4. The molecule has 0 fully saturated rings. The second kappa shape index (κ2) is 9.41. The van der Waals surface area contributed by atoms with Crippen LogP contribution in [0.4, 0.5) is 8.78 Å². The minimum Gasteiger partial charge on any atom is -0.494 e. The third-order valence-electron chi connectivity index (χ3n) is 4.50. The Morgan fingerprint density at radius 1 is 1.03 bits per heavy atom. The number of methoxy groups -OCH3 is 2. The Balaban J connectivity index is 2.12. The number of carboxylic acids is 1. The lowest BCUT2D eigenvalue weighted by atomic mass is 10.0. The molecule has 6 nitrogen and oxygen atoms in total. The zero-order valence-electron chi connectivity index (χ0n) is 16.5. The first kappa shape index (κ1) is 21.3. The second-order valence-electron chi connectivity index (χ2n) is 6.50. The summed E-state index contributed by atoms with van der Waals surface area (Å²) in [6.45, 7) is 0.546. The van der Waals surface area contributed by atoms with Crippen LogP contribution < -0.4 is 4.74 Å². The van der Waals surface area contributed by atoms with Crippen molar-refractivity contribution in [1.82, 2.24) is 9.97 Å². The van der Waals surface area contributed by atoms with E-state index in [1.807, 2.05) is 0 Å². The van der Waals surface area contributed by atoms with Gasteiger partial charge in [0.05, 0.1) is 29.8 Å². The van der Waals surface area contributed by atoms with Gasteiger partial charge in [-0.05, 0) is 43.2 Å². The monoisotopic (exact) mass is 414 g/mol. The number of aromatic nitrogens is 2. The van der Waals surface area contributed by atoms with E-state index in [0.717, 1.165) is 6.07 Å². The summed E-state index contributed by atoms with van der Waals surface area (Å²) in [7, 11) is 2.97. The van der Waals surface area contributed by atoms with Crippen LogP contribution in [0.15, 0.2) is 42.6 Å². The first-order valence-corrected chi connectivity index (χ1v) is 9.16. The van der Waals surface area contributed by atoms with Crippen LogP contribution >= 0.6 is 0 Å². The lowest BCUT2D eigenvalue weighted by Crippen LogP contribution is -2.03. The summed E-state index contributed by atoms with van der Waals surface area (Å²) >= 11 is 0. The van der Waals surface area contributed by atoms with E-state index in [2.05, 4.69) is 9.97 Å². The van der Waals surface area contributed by atoms with Gasteiger partial charge >= 0.3 is 5.97 Å². The van der Waals surface area contributed by atoms with Crippen molar-refractivity contribution < 1.29 is 28.2 Å². The molecule has 0 saturated heterocycles. The lowest BCUT2D eigenvalue weighted by molar-refractivity contribution is 0.0692. The molecule has 0 aliphatic heterocycles. The molecule has 2 aromatic carbocycles. The minimum atomic E-state index is -1.36. The average molecular weight is 414 g/mol. The molecule has 3 aromatic rings. The van der Waals surface area contributed by atoms with Crippen LogP contribution in [0.5, 0.6) is 5.75 Å². The summed E-state index contributed by atoms with van der Waals surface area (Å²) in [5, 5.41) is 9.07. The van der Waals surface area contributed by atoms with Crippen LogP contribution in [0.3, 0.4) is 0 Å². The Bertz CT molecular complexity index is 1070. The Morgan fingerprint density at radius 3 is 2.37 bits per heavy atom. The van der Waals surface area contributed by atoms with E-state index in [-0.39, 0.29) is 5.75 Å². The van der Waals surface area contributed by atoms with Crippen LogP contribution in [0.1, 0.15) is 22.5 Å². The van der Waals surface area contributed by atoms with Gasteiger partial charge in [0.25, 0.3) is 0 Å². The number of aromatic carboxylic acids is 1. The fourth-order valence-corrected chi connectivity index (χ4v) is 3.01. The van der Waals surface area contributed by atoms with E-state index >= 15 is 0 Å². The second-order valence-corrected chi connectivity index (χ2v) is 6.50. The van der Waals surface area contributed by atoms with Crippen molar-refractivity contribution in [3.05, 3.63) is 65.5 Å². The highest BCUT2D eigenvalue weighted by atomic mass is 19.1. The average Bonchev–Trinajstić information content (AvgIpc) is 2.73. The topological polar surface area (TPSA) is 81.5 Å². The predicted molar refractivity (Wildman–Crippen MR) is 107 cm³/mol. The molecule has 0 amide bonds. The Morgan fingerprint density at radius 2 is 1.73 bits per heavy atom. The van der Waals surface area contributed by atoms with Gasteiger partial charge in [0.15, 0.2) is 11.6 Å². The Hall–Kier alpha value is -3.39. The maximum atomic E-state index is 14.3. The molecule has 0 aliphatic carbocycles. The number of benzene rings is 2. The lowest BCUT2D eigenvalue weighted by Gasteiger charge is -2.12. The van der Waals surface area contributed by atoms with E-state index in [4.69, 9.17) is 14.6 Å². The van der Waals surface area contributed by atoms with Crippen LogP contribution in [-0.2, 0) is 11.2 Å². The van der Waals surface area contributed by atoms with Crippen molar-refractivity contribution in [3.8, 4) is 28.3 Å². The van der Waals surface area contributed by atoms with Crippen LogP contribution in [0.25, 0.3) is 22.5 Å². The fraction of sp³-hybridized carbons (Fsp3) is 0.227. The van der Waals surface area contributed by atoms with Crippen molar-refractivity contribution in [1.29, 1.82) is 0 Å². The molecule has 0 bridgehead atoms. The van der Waals surface area contributed by atoms with E-state index in [0.29, 0.717) is 47.7 Å². The molecule has 30 heavy (non-hydrogen) atoms. The van der Waals surface area contributed by atoms with Crippen molar-refractivity contribution in [2.75, 3.05) is 20.8 Å². The largest absolute Gasteiger partial charge is 0.494 e. The van der Waals surface area contributed by atoms with Crippen molar-refractivity contribution >= 4 is 5.97 Å². The highest BCUT2D eigenvalue weighted by Gasteiger charge is 2.17. The maximum Gasteiger partial charge on any atom is 0.338 e. The summed E-state index contributed by atoms with van der Waals surface area (Å²) in [5.74, 6) is -2.74. The molecule has 0 unspecified atom stereocenters. The third kappa shape index (κ3) is 4.60. The fourth-order valence-electron chi connectivity index (χ4n) is 3.01. The Labute approximate surface area is 172 Å². The number of carbonyl (C=O) groups is 1. The van der Waals surface area contributed by atoms with Gasteiger partial charge in [0.1, 0.15) is 5.82 Å². The molecule has 1 aromatic heterocycles. The van der Waals surface area contributed by atoms with Crippen molar-refractivity contribution in [2.24, 2.45) is 0 Å². The van der Waals surface area contributed by atoms with Crippen LogP contribution in [-0.4, -0.2) is 41.9 Å². The molecule has 0 saturated carbocycles. The molecule has 1 heterocycles. The summed E-state index contributed by atoms with van der Waals surface area (Å²) in [4.78, 5) is 20.2. The van der Waals surface area contributed by atoms with Gasteiger partial charge in [-0.25, -0.2) is 18.6 Å². The maximum absolute atomic E-state index is 14.3. The molecular weight excluding hydrogens is 394 g/mol. The van der Waals surface area contributed by atoms with E-state index in [9.17, 15) is 13.6 Å². The summed E-state index contributed by atoms with van der Waals surface area (Å²) < 4.78 is 38.6. The van der Waals surface area contributed by atoms with E-state index in [1.165, 1.54) is 31.4 Å². The quantitative estimate of drug-likeness (QED) is 0.551. The molecule has 0 radical (unpaired) electrons.